The van der Waals surface area contributed by atoms with E-state index < -0.39 is 0 Å². The first-order valence-corrected chi connectivity index (χ1v) is 9.92. The molecule has 154 valence electrons. The van der Waals surface area contributed by atoms with Crippen LogP contribution in [0.4, 0.5) is 5.69 Å². The molecule has 1 saturated heterocycles. The van der Waals surface area contributed by atoms with E-state index in [1.165, 1.54) is 12.1 Å². The predicted molar refractivity (Wildman–Crippen MR) is 120 cm³/mol. The van der Waals surface area contributed by atoms with Crippen molar-refractivity contribution < 1.29 is 9.47 Å². The van der Waals surface area contributed by atoms with Crippen molar-refractivity contribution in [3.05, 3.63) is 59.0 Å². The number of halogens is 2. The highest BCUT2D eigenvalue weighted by molar-refractivity contribution is 6.30. The van der Waals surface area contributed by atoms with Gasteiger partial charge in [0.05, 0.1) is 18.2 Å². The number of methoxy groups -OCH3 is 1. The van der Waals surface area contributed by atoms with Crippen LogP contribution in [0, 0.1) is 6.92 Å². The van der Waals surface area contributed by atoms with Crippen molar-refractivity contribution in [2.24, 2.45) is 0 Å². The summed E-state index contributed by atoms with van der Waals surface area (Å²) in [6.45, 7) is 4.20. The SMILES string of the molecule is COC[C@@H]1CCCN1c1cc(C)nc2cc(OCc3cccnc3Cl)ccc12.Cl. The molecule has 0 radical (unpaired) electrons. The second-order valence-electron chi connectivity index (χ2n) is 7.15. The molecular formula is C22H25Cl2N3O2. The van der Waals surface area contributed by atoms with E-state index in [1.54, 1.807) is 13.3 Å². The monoisotopic (exact) mass is 433 g/mol. The lowest BCUT2D eigenvalue weighted by Crippen LogP contribution is -2.33. The number of anilines is 1. The molecule has 1 atom stereocenters. The highest BCUT2D eigenvalue weighted by Crippen LogP contribution is 2.34. The van der Waals surface area contributed by atoms with Gasteiger partial charge in [0.1, 0.15) is 17.5 Å². The van der Waals surface area contributed by atoms with E-state index in [4.69, 9.17) is 26.1 Å². The fourth-order valence-electron chi connectivity index (χ4n) is 3.85. The van der Waals surface area contributed by atoms with Gasteiger partial charge in [-0.15, -0.1) is 12.4 Å². The zero-order valence-electron chi connectivity index (χ0n) is 16.6. The quantitative estimate of drug-likeness (QED) is 0.499. The number of ether oxygens (including phenoxy) is 2. The third kappa shape index (κ3) is 4.74. The third-order valence-corrected chi connectivity index (χ3v) is 5.50. The normalized spacial score (nSPS) is 16.1. The molecule has 1 fully saturated rings. The Morgan fingerprint density at radius 3 is 2.90 bits per heavy atom. The van der Waals surface area contributed by atoms with Gasteiger partial charge in [-0.05, 0) is 44.0 Å². The number of aryl methyl sites for hydroxylation is 1. The number of rotatable bonds is 6. The Labute approximate surface area is 182 Å². The average molecular weight is 434 g/mol. The van der Waals surface area contributed by atoms with Crippen LogP contribution >= 0.6 is 24.0 Å². The Bertz CT molecular complexity index is 983. The molecule has 7 heteroatoms. The molecule has 0 bridgehead atoms. The number of hydrogen-bond donors (Lipinski definition) is 0. The lowest BCUT2D eigenvalue weighted by atomic mass is 10.1. The fraction of sp³-hybridized carbons (Fsp3) is 0.364. The summed E-state index contributed by atoms with van der Waals surface area (Å²) in [5.41, 5.74) is 4.02. The van der Waals surface area contributed by atoms with Crippen LogP contribution in [0.5, 0.6) is 5.75 Å². The molecule has 0 aliphatic carbocycles. The molecule has 4 rings (SSSR count). The minimum atomic E-state index is 0. The van der Waals surface area contributed by atoms with Gasteiger partial charge in [-0.1, -0.05) is 17.7 Å². The van der Waals surface area contributed by atoms with Crippen molar-refractivity contribution in [2.75, 3.05) is 25.2 Å². The van der Waals surface area contributed by atoms with Crippen LogP contribution in [0.1, 0.15) is 24.1 Å². The maximum Gasteiger partial charge on any atom is 0.135 e. The van der Waals surface area contributed by atoms with Crippen LogP contribution in [0.15, 0.2) is 42.6 Å². The van der Waals surface area contributed by atoms with Crippen LogP contribution in [0.2, 0.25) is 5.15 Å². The zero-order valence-corrected chi connectivity index (χ0v) is 18.2. The van der Waals surface area contributed by atoms with E-state index in [9.17, 15) is 0 Å². The van der Waals surface area contributed by atoms with Gasteiger partial charge in [-0.2, -0.15) is 0 Å². The van der Waals surface area contributed by atoms with E-state index in [2.05, 4.69) is 22.0 Å². The van der Waals surface area contributed by atoms with Crippen LogP contribution in [-0.2, 0) is 11.3 Å². The molecule has 2 aromatic heterocycles. The van der Waals surface area contributed by atoms with Gasteiger partial charge in [-0.25, -0.2) is 4.98 Å². The number of pyridine rings is 2. The highest BCUT2D eigenvalue weighted by atomic mass is 35.5. The molecule has 0 spiro atoms. The van der Waals surface area contributed by atoms with Crippen LogP contribution in [0.25, 0.3) is 10.9 Å². The summed E-state index contributed by atoms with van der Waals surface area (Å²) in [4.78, 5) is 11.3. The second kappa shape index (κ2) is 9.61. The maximum absolute atomic E-state index is 6.12. The Morgan fingerprint density at radius 2 is 2.10 bits per heavy atom. The lowest BCUT2D eigenvalue weighted by molar-refractivity contribution is 0.181. The van der Waals surface area contributed by atoms with Crippen molar-refractivity contribution in [1.82, 2.24) is 9.97 Å². The molecule has 29 heavy (non-hydrogen) atoms. The minimum absolute atomic E-state index is 0. The summed E-state index contributed by atoms with van der Waals surface area (Å²) in [5.74, 6) is 0.770. The number of fused-ring (bicyclic) bond motifs is 1. The van der Waals surface area contributed by atoms with Crippen LogP contribution in [0.3, 0.4) is 0 Å². The summed E-state index contributed by atoms with van der Waals surface area (Å²) in [6, 6.07) is 12.4. The van der Waals surface area contributed by atoms with Crippen LogP contribution < -0.4 is 9.64 Å². The van der Waals surface area contributed by atoms with E-state index in [0.717, 1.165) is 47.5 Å². The number of aromatic nitrogens is 2. The molecule has 3 heterocycles. The standard InChI is InChI=1S/C22H24ClN3O2.ClH/c1-15-11-21(26-10-4-6-17(26)14-27-2)19-8-7-18(12-20(19)25-15)28-13-16-5-3-9-24-22(16)23;/h3,5,7-9,11-12,17H,4,6,10,13-14H2,1-2H3;1H/t17-;/m0./s1. The second-order valence-corrected chi connectivity index (χ2v) is 7.51. The molecule has 0 N–H and O–H groups in total. The van der Waals surface area contributed by atoms with Crippen LogP contribution in [-0.4, -0.2) is 36.3 Å². The Morgan fingerprint density at radius 1 is 1.24 bits per heavy atom. The molecular weight excluding hydrogens is 409 g/mol. The highest BCUT2D eigenvalue weighted by Gasteiger charge is 2.26. The number of benzene rings is 1. The van der Waals surface area contributed by atoms with E-state index in [1.807, 2.05) is 31.2 Å². The molecule has 0 saturated carbocycles. The fourth-order valence-corrected chi connectivity index (χ4v) is 4.03. The average Bonchev–Trinajstić information content (AvgIpc) is 3.15. The molecule has 0 amide bonds. The van der Waals surface area contributed by atoms with Crippen molar-refractivity contribution in [2.45, 2.75) is 32.4 Å². The van der Waals surface area contributed by atoms with E-state index in [0.29, 0.717) is 17.8 Å². The molecule has 1 aromatic carbocycles. The van der Waals surface area contributed by atoms with Crippen molar-refractivity contribution in [1.29, 1.82) is 0 Å². The zero-order chi connectivity index (χ0) is 19.5. The van der Waals surface area contributed by atoms with Crippen molar-refractivity contribution in [3.8, 4) is 5.75 Å². The molecule has 1 aliphatic rings. The molecule has 1 aliphatic heterocycles. The third-order valence-electron chi connectivity index (χ3n) is 5.16. The van der Waals surface area contributed by atoms with Gasteiger partial charge in [0.15, 0.2) is 0 Å². The van der Waals surface area contributed by atoms with E-state index in [-0.39, 0.29) is 12.4 Å². The first-order valence-electron chi connectivity index (χ1n) is 9.55. The smallest absolute Gasteiger partial charge is 0.135 e. The largest absolute Gasteiger partial charge is 0.489 e. The molecule has 5 nitrogen and oxygen atoms in total. The Kier molecular flexibility index (Phi) is 7.17. The predicted octanol–water partition coefficient (Wildman–Crippen LogP) is 5.21. The molecule has 3 aromatic rings. The van der Waals surface area contributed by atoms with Gasteiger partial charge >= 0.3 is 0 Å². The number of nitrogens with zero attached hydrogens (tertiary/aromatic N) is 3. The first kappa shape index (κ1) is 21.6. The Balaban J connectivity index is 0.00000240. The Hall–Kier alpha value is -2.08. The number of hydrogen-bond acceptors (Lipinski definition) is 5. The van der Waals surface area contributed by atoms with Gasteiger partial charge in [0.25, 0.3) is 0 Å². The summed E-state index contributed by atoms with van der Waals surface area (Å²) in [5, 5.41) is 1.61. The summed E-state index contributed by atoms with van der Waals surface area (Å²) in [6.07, 6.45) is 4.01. The summed E-state index contributed by atoms with van der Waals surface area (Å²) < 4.78 is 11.4. The van der Waals surface area contributed by atoms with Gasteiger partial charge in [0.2, 0.25) is 0 Å². The summed E-state index contributed by atoms with van der Waals surface area (Å²) in [7, 11) is 1.77. The molecule has 0 unspecified atom stereocenters. The minimum Gasteiger partial charge on any atom is -0.489 e. The van der Waals surface area contributed by atoms with Crippen molar-refractivity contribution in [3.63, 3.8) is 0 Å². The van der Waals surface area contributed by atoms with Gasteiger partial charge in [0, 0.05) is 48.2 Å². The van der Waals surface area contributed by atoms with Crippen molar-refractivity contribution >= 4 is 40.6 Å². The topological polar surface area (TPSA) is 47.5 Å². The lowest BCUT2D eigenvalue weighted by Gasteiger charge is -2.28. The maximum atomic E-state index is 6.12. The van der Waals surface area contributed by atoms with Gasteiger partial charge < -0.3 is 14.4 Å². The summed E-state index contributed by atoms with van der Waals surface area (Å²) >= 11 is 6.12. The van der Waals surface area contributed by atoms with E-state index >= 15 is 0 Å². The first-order chi connectivity index (χ1) is 13.7. The van der Waals surface area contributed by atoms with Gasteiger partial charge in [-0.3, -0.25) is 4.98 Å².